The first kappa shape index (κ1) is 15.5. The van der Waals surface area contributed by atoms with Crippen molar-refractivity contribution in [2.24, 2.45) is 0 Å². The van der Waals surface area contributed by atoms with Crippen LogP contribution in [0, 0.1) is 11.3 Å². The molecule has 0 fully saturated rings. The number of rotatable bonds is 3. The van der Waals surface area contributed by atoms with Gasteiger partial charge in [-0.1, -0.05) is 30.3 Å². The van der Waals surface area contributed by atoms with Gasteiger partial charge in [0.2, 0.25) is 5.56 Å². The first-order valence-corrected chi connectivity index (χ1v) is 7.45. The Balaban J connectivity index is 1.91. The summed E-state index contributed by atoms with van der Waals surface area (Å²) in [6.07, 6.45) is 0. The van der Waals surface area contributed by atoms with Crippen LogP contribution in [-0.4, -0.2) is 22.8 Å². The minimum atomic E-state index is -0.302. The molecule has 1 aromatic heterocycles. The van der Waals surface area contributed by atoms with Crippen LogP contribution in [0.5, 0.6) is 0 Å². The smallest absolute Gasteiger partial charge is 0.254 e. The van der Waals surface area contributed by atoms with E-state index in [0.29, 0.717) is 28.6 Å². The van der Waals surface area contributed by atoms with E-state index in [1.165, 1.54) is 6.07 Å². The van der Waals surface area contributed by atoms with Gasteiger partial charge in [-0.25, -0.2) is 0 Å². The van der Waals surface area contributed by atoms with Crippen molar-refractivity contribution in [2.75, 3.05) is 7.05 Å². The Morgan fingerprint density at radius 1 is 1.17 bits per heavy atom. The Morgan fingerprint density at radius 2 is 1.88 bits per heavy atom. The molecule has 0 aliphatic rings. The van der Waals surface area contributed by atoms with Crippen molar-refractivity contribution >= 4 is 16.8 Å². The molecule has 0 aliphatic carbocycles. The standard InChI is InChI=1S/C19H15N3O2/c1-22(12-14-8-6-13(11-20)7-9-14)19(24)16-10-18(23)21-17-5-3-2-4-15(16)17/h2-10H,12H2,1H3,(H,21,23). The molecular weight excluding hydrogens is 302 g/mol. The number of benzene rings is 2. The third-order valence-corrected chi connectivity index (χ3v) is 3.83. The van der Waals surface area contributed by atoms with Crippen molar-refractivity contribution in [1.82, 2.24) is 9.88 Å². The van der Waals surface area contributed by atoms with Gasteiger partial charge in [-0.15, -0.1) is 0 Å². The monoisotopic (exact) mass is 317 g/mol. The third-order valence-electron chi connectivity index (χ3n) is 3.83. The number of amides is 1. The van der Waals surface area contributed by atoms with Crippen molar-refractivity contribution in [3.8, 4) is 6.07 Å². The van der Waals surface area contributed by atoms with Crippen LogP contribution >= 0.6 is 0 Å². The van der Waals surface area contributed by atoms with Gasteiger partial charge in [0.25, 0.3) is 5.91 Å². The number of pyridine rings is 1. The van der Waals surface area contributed by atoms with E-state index in [9.17, 15) is 9.59 Å². The molecule has 1 amide bonds. The zero-order valence-electron chi connectivity index (χ0n) is 13.1. The molecule has 3 aromatic rings. The number of hydrogen-bond acceptors (Lipinski definition) is 3. The highest BCUT2D eigenvalue weighted by molar-refractivity contribution is 6.05. The van der Waals surface area contributed by atoms with E-state index in [0.717, 1.165) is 5.56 Å². The SMILES string of the molecule is CN(Cc1ccc(C#N)cc1)C(=O)c1cc(=O)[nH]c2ccccc12. The van der Waals surface area contributed by atoms with Crippen molar-refractivity contribution in [3.63, 3.8) is 0 Å². The molecule has 1 heterocycles. The lowest BCUT2D eigenvalue weighted by atomic mass is 10.1. The number of para-hydroxylation sites is 1. The first-order valence-electron chi connectivity index (χ1n) is 7.45. The lowest BCUT2D eigenvalue weighted by Crippen LogP contribution is -2.27. The number of nitrogens with zero attached hydrogens (tertiary/aromatic N) is 2. The van der Waals surface area contributed by atoms with Gasteiger partial charge in [-0.05, 0) is 23.8 Å². The maximum Gasteiger partial charge on any atom is 0.254 e. The third kappa shape index (κ3) is 3.03. The highest BCUT2D eigenvalue weighted by Crippen LogP contribution is 2.17. The zero-order chi connectivity index (χ0) is 17.1. The fraction of sp³-hybridized carbons (Fsp3) is 0.105. The van der Waals surface area contributed by atoms with Gasteiger partial charge in [0.05, 0.1) is 17.2 Å². The second kappa shape index (κ2) is 6.39. The largest absolute Gasteiger partial charge is 0.337 e. The second-order valence-electron chi connectivity index (χ2n) is 5.56. The first-order chi connectivity index (χ1) is 11.6. The lowest BCUT2D eigenvalue weighted by Gasteiger charge is -2.18. The van der Waals surface area contributed by atoms with E-state index in [2.05, 4.69) is 11.1 Å². The van der Waals surface area contributed by atoms with Crippen molar-refractivity contribution < 1.29 is 4.79 Å². The molecule has 0 bridgehead atoms. The van der Waals surface area contributed by atoms with E-state index >= 15 is 0 Å². The minimum absolute atomic E-state index is 0.221. The van der Waals surface area contributed by atoms with Crippen molar-refractivity contribution in [2.45, 2.75) is 6.54 Å². The van der Waals surface area contributed by atoms with E-state index in [1.807, 2.05) is 30.3 Å². The Morgan fingerprint density at radius 3 is 2.58 bits per heavy atom. The number of H-pyrrole nitrogens is 1. The summed E-state index contributed by atoms with van der Waals surface area (Å²) >= 11 is 0. The average molecular weight is 317 g/mol. The lowest BCUT2D eigenvalue weighted by molar-refractivity contribution is 0.0787. The van der Waals surface area contributed by atoms with Gasteiger partial charge in [0, 0.05) is 30.6 Å². The molecule has 0 unspecified atom stereocenters. The maximum absolute atomic E-state index is 12.8. The maximum atomic E-state index is 12.8. The van der Waals surface area contributed by atoms with Gasteiger partial charge in [0.15, 0.2) is 0 Å². The average Bonchev–Trinajstić information content (AvgIpc) is 2.61. The fourth-order valence-electron chi connectivity index (χ4n) is 2.62. The summed E-state index contributed by atoms with van der Waals surface area (Å²) < 4.78 is 0. The molecule has 0 saturated heterocycles. The molecule has 1 N–H and O–H groups in total. The minimum Gasteiger partial charge on any atom is -0.337 e. The number of aromatic nitrogens is 1. The summed E-state index contributed by atoms with van der Waals surface area (Å²) in [5, 5.41) is 9.54. The fourth-order valence-corrected chi connectivity index (χ4v) is 2.62. The molecule has 24 heavy (non-hydrogen) atoms. The molecule has 0 saturated carbocycles. The van der Waals surface area contributed by atoms with Crippen LogP contribution in [0.25, 0.3) is 10.9 Å². The topological polar surface area (TPSA) is 77.0 Å². The van der Waals surface area contributed by atoms with E-state index in [1.54, 1.807) is 30.1 Å². The Labute approximate surface area is 138 Å². The molecule has 0 aliphatic heterocycles. The van der Waals surface area contributed by atoms with Gasteiger partial charge < -0.3 is 9.88 Å². The van der Waals surface area contributed by atoms with Crippen LogP contribution in [0.2, 0.25) is 0 Å². The normalized spacial score (nSPS) is 10.3. The summed E-state index contributed by atoms with van der Waals surface area (Å²) in [5.41, 5.74) is 2.21. The van der Waals surface area contributed by atoms with E-state index < -0.39 is 0 Å². The van der Waals surface area contributed by atoms with Crippen LogP contribution in [-0.2, 0) is 6.54 Å². The summed E-state index contributed by atoms with van der Waals surface area (Å²) in [6.45, 7) is 0.395. The summed E-state index contributed by atoms with van der Waals surface area (Å²) in [7, 11) is 1.69. The van der Waals surface area contributed by atoms with Gasteiger partial charge in [0.1, 0.15) is 0 Å². The number of nitrogens with one attached hydrogen (secondary N) is 1. The molecule has 2 aromatic carbocycles. The quantitative estimate of drug-likeness (QED) is 0.807. The van der Waals surface area contributed by atoms with Crippen LogP contribution in [0.4, 0.5) is 0 Å². The Bertz CT molecular complexity index is 998. The molecule has 0 radical (unpaired) electrons. The van der Waals surface area contributed by atoms with Crippen molar-refractivity contribution in [1.29, 1.82) is 5.26 Å². The van der Waals surface area contributed by atoms with Gasteiger partial charge in [-0.2, -0.15) is 5.26 Å². The number of fused-ring (bicyclic) bond motifs is 1. The highest BCUT2D eigenvalue weighted by atomic mass is 16.2. The van der Waals surface area contributed by atoms with E-state index in [-0.39, 0.29) is 11.5 Å². The molecule has 118 valence electrons. The van der Waals surface area contributed by atoms with Crippen LogP contribution in [0.1, 0.15) is 21.5 Å². The number of carbonyl (C=O) groups excluding carboxylic acids is 1. The van der Waals surface area contributed by atoms with Crippen LogP contribution in [0.15, 0.2) is 59.4 Å². The molecule has 0 spiro atoms. The predicted molar refractivity (Wildman–Crippen MR) is 91.5 cm³/mol. The van der Waals surface area contributed by atoms with Gasteiger partial charge in [-0.3, -0.25) is 9.59 Å². The van der Waals surface area contributed by atoms with Gasteiger partial charge >= 0.3 is 0 Å². The Hall–Kier alpha value is -3.39. The van der Waals surface area contributed by atoms with E-state index in [4.69, 9.17) is 5.26 Å². The number of hydrogen-bond donors (Lipinski definition) is 1. The molecule has 3 rings (SSSR count). The second-order valence-corrected chi connectivity index (χ2v) is 5.56. The zero-order valence-corrected chi connectivity index (χ0v) is 13.1. The van der Waals surface area contributed by atoms with Crippen molar-refractivity contribution in [3.05, 3.63) is 81.6 Å². The van der Waals surface area contributed by atoms with Crippen LogP contribution < -0.4 is 5.56 Å². The number of carbonyl (C=O) groups is 1. The number of aromatic amines is 1. The molecule has 5 heteroatoms. The van der Waals surface area contributed by atoms with Crippen LogP contribution in [0.3, 0.4) is 0 Å². The Kier molecular flexibility index (Phi) is 4.13. The number of nitriles is 1. The summed E-state index contributed by atoms with van der Waals surface area (Å²) in [4.78, 5) is 28.8. The molecule has 0 atom stereocenters. The summed E-state index contributed by atoms with van der Waals surface area (Å²) in [6, 6.07) is 17.7. The predicted octanol–water partition coefficient (Wildman–Crippen LogP) is 2.67. The molecule has 5 nitrogen and oxygen atoms in total. The molecular formula is C19H15N3O2. The summed E-state index contributed by atoms with van der Waals surface area (Å²) in [5.74, 6) is -0.221. The highest BCUT2D eigenvalue weighted by Gasteiger charge is 2.16.